The van der Waals surface area contributed by atoms with E-state index in [1.54, 1.807) is 6.92 Å². The average Bonchev–Trinajstić information content (AvgIpc) is 2.81. The zero-order valence-corrected chi connectivity index (χ0v) is 9.86. The van der Waals surface area contributed by atoms with E-state index in [1.165, 1.54) is 12.5 Å². The fourth-order valence-electron chi connectivity index (χ4n) is 1.24. The molecule has 18 heavy (non-hydrogen) atoms. The van der Waals surface area contributed by atoms with Crippen LogP contribution in [0.4, 0.5) is 4.79 Å². The maximum absolute atomic E-state index is 11.4. The van der Waals surface area contributed by atoms with E-state index in [0.717, 1.165) is 0 Å². The number of H-pyrrole nitrogens is 1. The van der Waals surface area contributed by atoms with Crippen molar-refractivity contribution >= 4 is 12.0 Å². The minimum atomic E-state index is -1.11. The highest BCUT2D eigenvalue weighted by atomic mass is 16.4. The van der Waals surface area contributed by atoms with E-state index < -0.39 is 18.0 Å². The highest BCUT2D eigenvalue weighted by Crippen LogP contribution is 1.98. The Hall–Kier alpha value is -2.49. The summed E-state index contributed by atoms with van der Waals surface area (Å²) >= 11 is 0. The van der Waals surface area contributed by atoms with Gasteiger partial charge in [-0.15, -0.1) is 5.92 Å². The third kappa shape index (κ3) is 4.57. The van der Waals surface area contributed by atoms with Gasteiger partial charge in [-0.05, 0) is 6.92 Å². The van der Waals surface area contributed by atoms with Gasteiger partial charge in [0.1, 0.15) is 6.04 Å². The van der Waals surface area contributed by atoms with Gasteiger partial charge < -0.3 is 20.7 Å². The molecule has 4 N–H and O–H groups in total. The number of rotatable bonds is 5. The van der Waals surface area contributed by atoms with Gasteiger partial charge in [0.05, 0.1) is 12.9 Å². The number of aliphatic carboxylic acids is 1. The predicted molar refractivity (Wildman–Crippen MR) is 63.7 cm³/mol. The first kappa shape index (κ1) is 13.6. The highest BCUT2D eigenvalue weighted by molar-refractivity contribution is 5.82. The van der Waals surface area contributed by atoms with Crippen LogP contribution in [-0.2, 0) is 11.2 Å². The van der Waals surface area contributed by atoms with E-state index in [9.17, 15) is 9.59 Å². The van der Waals surface area contributed by atoms with Crippen molar-refractivity contribution in [3.63, 3.8) is 0 Å². The molecule has 1 aromatic rings. The SMILES string of the molecule is CC#CCNC(=O)NC(Cc1cnc[nH]1)C(=O)O. The Bertz CT molecular complexity index is 458. The van der Waals surface area contributed by atoms with Gasteiger partial charge in [0.15, 0.2) is 0 Å². The summed E-state index contributed by atoms with van der Waals surface area (Å²) in [7, 11) is 0. The van der Waals surface area contributed by atoms with Crippen molar-refractivity contribution in [3.05, 3.63) is 18.2 Å². The summed E-state index contributed by atoms with van der Waals surface area (Å²) in [6, 6.07) is -1.58. The molecule has 1 rings (SSSR count). The Morgan fingerprint density at radius 1 is 1.61 bits per heavy atom. The topological polar surface area (TPSA) is 107 Å². The first-order valence-corrected chi connectivity index (χ1v) is 5.27. The largest absolute Gasteiger partial charge is 0.480 e. The summed E-state index contributed by atoms with van der Waals surface area (Å²) < 4.78 is 0. The zero-order valence-electron chi connectivity index (χ0n) is 9.86. The third-order valence-electron chi connectivity index (χ3n) is 2.10. The van der Waals surface area contributed by atoms with Crippen LogP contribution in [-0.4, -0.2) is 39.7 Å². The van der Waals surface area contributed by atoms with Crippen LogP contribution in [0.3, 0.4) is 0 Å². The number of carboxylic acids is 1. The number of aromatic nitrogens is 2. The standard InChI is InChI=1S/C11H14N4O3/c1-2-3-4-13-11(18)15-9(10(16)17)5-8-6-12-7-14-8/h6-7,9H,4-5H2,1H3,(H,12,14)(H,16,17)(H2,13,15,18). The van der Waals surface area contributed by atoms with Crippen LogP contribution in [0.2, 0.25) is 0 Å². The van der Waals surface area contributed by atoms with E-state index in [0.29, 0.717) is 5.69 Å². The number of carbonyl (C=O) groups excluding carboxylic acids is 1. The molecule has 0 radical (unpaired) electrons. The first-order valence-electron chi connectivity index (χ1n) is 5.27. The van der Waals surface area contributed by atoms with Gasteiger partial charge >= 0.3 is 12.0 Å². The van der Waals surface area contributed by atoms with Gasteiger partial charge in [-0.2, -0.15) is 0 Å². The second-order valence-corrected chi connectivity index (χ2v) is 3.43. The van der Waals surface area contributed by atoms with Gasteiger partial charge in [0, 0.05) is 18.3 Å². The molecule has 0 aliphatic heterocycles. The lowest BCUT2D eigenvalue weighted by molar-refractivity contribution is -0.139. The molecular formula is C11H14N4O3. The summed E-state index contributed by atoms with van der Waals surface area (Å²) in [4.78, 5) is 28.9. The minimum absolute atomic E-state index is 0.141. The van der Waals surface area contributed by atoms with E-state index in [2.05, 4.69) is 32.4 Å². The fraction of sp³-hybridized carbons (Fsp3) is 0.364. The van der Waals surface area contributed by atoms with Gasteiger partial charge in [0.25, 0.3) is 0 Å². The van der Waals surface area contributed by atoms with Crippen LogP contribution in [0, 0.1) is 11.8 Å². The summed E-state index contributed by atoms with van der Waals surface area (Å²) in [5, 5.41) is 13.8. The number of carboxylic acid groups (broad SMARTS) is 1. The number of imidazole rings is 1. The number of hydrogen-bond donors (Lipinski definition) is 4. The Morgan fingerprint density at radius 2 is 2.39 bits per heavy atom. The first-order chi connectivity index (χ1) is 8.63. The molecule has 0 saturated heterocycles. The molecular weight excluding hydrogens is 236 g/mol. The van der Waals surface area contributed by atoms with Crippen LogP contribution >= 0.6 is 0 Å². The maximum atomic E-state index is 11.4. The molecule has 0 aliphatic carbocycles. The summed E-state index contributed by atoms with van der Waals surface area (Å²) in [6.07, 6.45) is 3.10. The molecule has 0 bridgehead atoms. The number of aromatic amines is 1. The summed E-state index contributed by atoms with van der Waals surface area (Å²) in [5.74, 6) is 4.15. The van der Waals surface area contributed by atoms with Crippen LogP contribution in [0.5, 0.6) is 0 Å². The average molecular weight is 250 g/mol. The molecule has 2 amide bonds. The predicted octanol–water partition coefficient (Wildman–Crippen LogP) is -0.272. The van der Waals surface area contributed by atoms with Gasteiger partial charge in [-0.1, -0.05) is 5.92 Å². The van der Waals surface area contributed by atoms with Crippen LogP contribution in [0.15, 0.2) is 12.5 Å². The molecule has 7 nitrogen and oxygen atoms in total. The van der Waals surface area contributed by atoms with Crippen LogP contribution in [0.1, 0.15) is 12.6 Å². The van der Waals surface area contributed by atoms with E-state index >= 15 is 0 Å². The van der Waals surface area contributed by atoms with Crippen LogP contribution in [0.25, 0.3) is 0 Å². The lowest BCUT2D eigenvalue weighted by atomic mass is 10.2. The molecule has 0 spiro atoms. The van der Waals surface area contributed by atoms with Crippen molar-refractivity contribution in [2.75, 3.05) is 6.54 Å². The Balaban J connectivity index is 2.49. The number of hydrogen-bond acceptors (Lipinski definition) is 3. The lowest BCUT2D eigenvalue weighted by Gasteiger charge is -2.13. The van der Waals surface area contributed by atoms with E-state index in [1.807, 2.05) is 0 Å². The van der Waals surface area contributed by atoms with Gasteiger partial charge in [-0.3, -0.25) is 0 Å². The summed E-state index contributed by atoms with van der Waals surface area (Å²) in [6.45, 7) is 1.83. The highest BCUT2D eigenvalue weighted by Gasteiger charge is 2.20. The quantitative estimate of drug-likeness (QED) is 0.539. The van der Waals surface area contributed by atoms with Crippen molar-refractivity contribution in [1.29, 1.82) is 0 Å². The fourth-order valence-corrected chi connectivity index (χ4v) is 1.24. The molecule has 7 heteroatoms. The van der Waals surface area contributed by atoms with E-state index in [-0.39, 0.29) is 13.0 Å². The molecule has 0 saturated carbocycles. The molecule has 1 atom stereocenters. The van der Waals surface area contributed by atoms with Crippen molar-refractivity contribution in [2.24, 2.45) is 0 Å². The smallest absolute Gasteiger partial charge is 0.326 e. The number of carbonyl (C=O) groups is 2. The third-order valence-corrected chi connectivity index (χ3v) is 2.10. The Morgan fingerprint density at radius 3 is 2.94 bits per heavy atom. The van der Waals surface area contributed by atoms with Crippen molar-refractivity contribution in [1.82, 2.24) is 20.6 Å². The molecule has 0 aromatic carbocycles. The van der Waals surface area contributed by atoms with Crippen molar-refractivity contribution in [3.8, 4) is 11.8 Å². The number of nitrogens with one attached hydrogen (secondary N) is 3. The molecule has 1 heterocycles. The number of urea groups is 1. The normalized spacial score (nSPS) is 10.9. The molecule has 96 valence electrons. The van der Waals surface area contributed by atoms with Crippen molar-refractivity contribution < 1.29 is 14.7 Å². The monoisotopic (exact) mass is 250 g/mol. The molecule has 1 aromatic heterocycles. The van der Waals surface area contributed by atoms with Gasteiger partial charge in [0.2, 0.25) is 0 Å². The zero-order chi connectivity index (χ0) is 13.4. The summed E-state index contributed by atoms with van der Waals surface area (Å²) in [5.41, 5.74) is 0.635. The number of amides is 2. The lowest BCUT2D eigenvalue weighted by Crippen LogP contribution is -2.47. The second-order valence-electron chi connectivity index (χ2n) is 3.43. The maximum Gasteiger partial charge on any atom is 0.326 e. The Kier molecular flexibility index (Phi) is 5.25. The molecule has 0 aliphatic rings. The molecule has 1 unspecified atom stereocenters. The van der Waals surface area contributed by atoms with Gasteiger partial charge in [-0.25, -0.2) is 14.6 Å². The van der Waals surface area contributed by atoms with Crippen LogP contribution < -0.4 is 10.6 Å². The molecule has 0 fully saturated rings. The van der Waals surface area contributed by atoms with E-state index in [4.69, 9.17) is 5.11 Å². The van der Waals surface area contributed by atoms with Crippen molar-refractivity contribution in [2.45, 2.75) is 19.4 Å². The number of nitrogens with zero attached hydrogens (tertiary/aromatic N) is 1. The second kappa shape index (κ2) is 6.96. The minimum Gasteiger partial charge on any atom is -0.480 e. The Labute approximate surface area is 104 Å².